The monoisotopic (exact) mass is 331 g/mol. The zero-order chi connectivity index (χ0) is 17.0. The van der Waals surface area contributed by atoms with Crippen LogP contribution in [0.5, 0.6) is 5.75 Å². The van der Waals surface area contributed by atoms with Gasteiger partial charge < -0.3 is 9.64 Å². The highest BCUT2D eigenvalue weighted by atomic mass is 35.5. The Labute approximate surface area is 140 Å². The quantitative estimate of drug-likeness (QED) is 0.789. The van der Waals surface area contributed by atoms with E-state index in [1.54, 1.807) is 63.5 Å². The van der Waals surface area contributed by atoms with E-state index in [-0.39, 0.29) is 11.7 Å². The van der Waals surface area contributed by atoms with Crippen molar-refractivity contribution in [1.82, 2.24) is 4.90 Å². The van der Waals surface area contributed by atoms with Gasteiger partial charge in [-0.2, -0.15) is 0 Å². The molecule has 0 aromatic heterocycles. The fraction of sp³-hybridized carbons (Fsp3) is 0.222. The molecule has 120 valence electrons. The molecule has 0 saturated carbocycles. The number of amides is 1. The van der Waals surface area contributed by atoms with E-state index in [0.717, 1.165) is 0 Å². The fourth-order valence-electron chi connectivity index (χ4n) is 2.13. The van der Waals surface area contributed by atoms with Gasteiger partial charge in [-0.15, -0.1) is 0 Å². The summed E-state index contributed by atoms with van der Waals surface area (Å²) in [4.78, 5) is 26.1. The molecule has 0 N–H and O–H groups in total. The molecule has 0 aliphatic carbocycles. The molecule has 0 bridgehead atoms. The maximum atomic E-state index is 12.7. The highest BCUT2D eigenvalue weighted by Crippen LogP contribution is 2.26. The first-order chi connectivity index (χ1) is 10.9. The second-order valence-corrected chi connectivity index (χ2v) is 5.76. The first-order valence-corrected chi connectivity index (χ1v) is 7.55. The van der Waals surface area contributed by atoms with E-state index in [1.807, 2.05) is 6.07 Å². The van der Waals surface area contributed by atoms with E-state index in [2.05, 4.69) is 0 Å². The van der Waals surface area contributed by atoms with Gasteiger partial charge in [-0.05, 0) is 25.1 Å². The number of carbonyl (C=O) groups excluding carboxylic acids is 2. The summed E-state index contributed by atoms with van der Waals surface area (Å²) in [5, 5.41) is 0.434. The Morgan fingerprint density at radius 3 is 2.35 bits per heavy atom. The third-order valence-electron chi connectivity index (χ3n) is 3.31. The molecule has 0 spiro atoms. The van der Waals surface area contributed by atoms with Gasteiger partial charge in [0.05, 0.1) is 5.56 Å². The highest BCUT2D eigenvalue weighted by Gasteiger charge is 2.21. The minimum Gasteiger partial charge on any atom is -0.480 e. The van der Waals surface area contributed by atoms with Gasteiger partial charge in [-0.25, -0.2) is 0 Å². The van der Waals surface area contributed by atoms with Crippen LogP contribution < -0.4 is 4.74 Å². The second kappa shape index (κ2) is 7.29. The maximum Gasteiger partial charge on any atom is 0.262 e. The van der Waals surface area contributed by atoms with Crippen LogP contribution in [0, 0.1) is 0 Å². The number of rotatable bonds is 5. The Hall–Kier alpha value is -2.33. The molecule has 2 aromatic rings. The number of nitrogens with zero attached hydrogens (tertiary/aromatic N) is 1. The molecular formula is C18H18ClNO3. The number of halogens is 1. The molecule has 2 rings (SSSR count). The van der Waals surface area contributed by atoms with Crippen LogP contribution in [0.15, 0.2) is 48.5 Å². The summed E-state index contributed by atoms with van der Waals surface area (Å²) < 4.78 is 5.70. The largest absolute Gasteiger partial charge is 0.480 e. The van der Waals surface area contributed by atoms with Crippen molar-refractivity contribution in [3.63, 3.8) is 0 Å². The first-order valence-electron chi connectivity index (χ1n) is 7.17. The van der Waals surface area contributed by atoms with E-state index >= 15 is 0 Å². The van der Waals surface area contributed by atoms with Crippen LogP contribution in [0.25, 0.3) is 0 Å². The average Bonchev–Trinajstić information content (AvgIpc) is 2.55. The maximum absolute atomic E-state index is 12.7. The molecule has 1 amide bonds. The number of ketones is 1. The molecule has 0 heterocycles. The van der Waals surface area contributed by atoms with Gasteiger partial charge in [0.2, 0.25) is 0 Å². The predicted octanol–water partition coefficient (Wildman–Crippen LogP) is 3.43. The zero-order valence-corrected chi connectivity index (χ0v) is 14.0. The lowest BCUT2D eigenvalue weighted by Crippen LogP contribution is -2.35. The summed E-state index contributed by atoms with van der Waals surface area (Å²) in [5.41, 5.74) is 0.869. The van der Waals surface area contributed by atoms with Gasteiger partial charge in [-0.3, -0.25) is 9.59 Å². The Kier molecular flexibility index (Phi) is 5.40. The molecule has 23 heavy (non-hydrogen) atoms. The number of hydrogen-bond acceptors (Lipinski definition) is 3. The number of benzene rings is 2. The lowest BCUT2D eigenvalue weighted by molar-refractivity contribution is -0.135. The Morgan fingerprint density at radius 1 is 1.09 bits per heavy atom. The lowest BCUT2D eigenvalue weighted by atomic mass is 10.0. The van der Waals surface area contributed by atoms with Crippen molar-refractivity contribution in [2.75, 3.05) is 14.1 Å². The van der Waals surface area contributed by atoms with Gasteiger partial charge in [0.1, 0.15) is 5.75 Å². The first kappa shape index (κ1) is 17.0. The van der Waals surface area contributed by atoms with Crippen LogP contribution in [-0.4, -0.2) is 36.8 Å². The molecule has 2 aromatic carbocycles. The topological polar surface area (TPSA) is 46.6 Å². The van der Waals surface area contributed by atoms with E-state index < -0.39 is 6.10 Å². The summed E-state index contributed by atoms with van der Waals surface area (Å²) in [6, 6.07) is 13.7. The molecule has 1 unspecified atom stereocenters. The van der Waals surface area contributed by atoms with Crippen LogP contribution in [0.4, 0.5) is 0 Å². The number of carbonyl (C=O) groups is 2. The summed E-state index contributed by atoms with van der Waals surface area (Å²) >= 11 is 6.01. The van der Waals surface area contributed by atoms with Gasteiger partial charge in [0.15, 0.2) is 11.9 Å². The summed E-state index contributed by atoms with van der Waals surface area (Å²) in [7, 11) is 3.31. The molecule has 5 heteroatoms. The molecule has 0 fully saturated rings. The van der Waals surface area contributed by atoms with E-state index in [0.29, 0.717) is 21.9 Å². The van der Waals surface area contributed by atoms with E-state index in [9.17, 15) is 9.59 Å². The van der Waals surface area contributed by atoms with Crippen molar-refractivity contribution in [1.29, 1.82) is 0 Å². The normalized spacial score (nSPS) is 11.7. The zero-order valence-electron chi connectivity index (χ0n) is 13.2. The van der Waals surface area contributed by atoms with Crippen LogP contribution >= 0.6 is 11.6 Å². The van der Waals surface area contributed by atoms with Gasteiger partial charge in [0, 0.05) is 24.7 Å². The highest BCUT2D eigenvalue weighted by molar-refractivity contribution is 6.31. The number of ether oxygens (including phenoxy) is 1. The van der Waals surface area contributed by atoms with Crippen LogP contribution in [0.3, 0.4) is 0 Å². The molecule has 0 saturated heterocycles. The van der Waals surface area contributed by atoms with Crippen molar-refractivity contribution in [3.05, 3.63) is 64.7 Å². The number of likely N-dealkylation sites (N-methyl/N-ethyl adjacent to an activating group) is 1. The molecule has 4 nitrogen and oxygen atoms in total. The molecular weight excluding hydrogens is 314 g/mol. The number of hydrogen-bond donors (Lipinski definition) is 0. The summed E-state index contributed by atoms with van der Waals surface area (Å²) in [6.45, 7) is 1.65. The lowest BCUT2D eigenvalue weighted by Gasteiger charge is -2.20. The minimum absolute atomic E-state index is 0.182. The van der Waals surface area contributed by atoms with Crippen LogP contribution in [0.1, 0.15) is 22.8 Å². The average molecular weight is 332 g/mol. The van der Waals surface area contributed by atoms with E-state index in [4.69, 9.17) is 16.3 Å². The Balaban J connectivity index is 2.35. The van der Waals surface area contributed by atoms with Crippen molar-refractivity contribution < 1.29 is 14.3 Å². The molecule has 1 atom stereocenters. The predicted molar refractivity (Wildman–Crippen MR) is 90.1 cm³/mol. The second-order valence-electron chi connectivity index (χ2n) is 5.33. The molecule has 0 radical (unpaired) electrons. The van der Waals surface area contributed by atoms with E-state index in [1.165, 1.54) is 4.90 Å². The molecule has 0 aliphatic heterocycles. The SMILES string of the molecule is CC(Oc1ccc(Cl)cc1C(=O)c1ccccc1)C(=O)N(C)C. The van der Waals surface area contributed by atoms with Crippen molar-refractivity contribution in [2.24, 2.45) is 0 Å². The molecule has 0 aliphatic rings. The smallest absolute Gasteiger partial charge is 0.262 e. The standard InChI is InChI=1S/C18H18ClNO3/c1-12(18(22)20(2)3)23-16-10-9-14(19)11-15(16)17(21)13-7-5-4-6-8-13/h4-12H,1-3H3. The van der Waals surface area contributed by atoms with Crippen LogP contribution in [0.2, 0.25) is 5.02 Å². The van der Waals surface area contributed by atoms with Crippen molar-refractivity contribution >= 4 is 23.3 Å². The third kappa shape index (κ3) is 4.11. The minimum atomic E-state index is -0.700. The fourth-order valence-corrected chi connectivity index (χ4v) is 2.30. The van der Waals surface area contributed by atoms with Gasteiger partial charge >= 0.3 is 0 Å². The Bertz CT molecular complexity index is 713. The van der Waals surface area contributed by atoms with Gasteiger partial charge in [0.25, 0.3) is 5.91 Å². The Morgan fingerprint density at radius 2 is 1.74 bits per heavy atom. The van der Waals surface area contributed by atoms with Crippen LogP contribution in [-0.2, 0) is 4.79 Å². The van der Waals surface area contributed by atoms with Gasteiger partial charge in [-0.1, -0.05) is 41.9 Å². The summed E-state index contributed by atoms with van der Waals surface area (Å²) in [5.74, 6) is -0.0448. The van der Waals surface area contributed by atoms with Crippen molar-refractivity contribution in [2.45, 2.75) is 13.0 Å². The summed E-state index contributed by atoms with van der Waals surface area (Å²) in [6.07, 6.45) is -0.700. The third-order valence-corrected chi connectivity index (χ3v) is 3.55. The van der Waals surface area contributed by atoms with Crippen molar-refractivity contribution in [3.8, 4) is 5.75 Å².